The minimum Gasteiger partial charge on any atom is -0.326 e. The van der Waals surface area contributed by atoms with Gasteiger partial charge in [0, 0.05) is 18.2 Å². The average molecular weight is 292 g/mol. The number of thioether (sulfide) groups is 1. The minimum atomic E-state index is -3.55. The molecule has 1 heterocycles. The molecule has 18 heavy (non-hydrogen) atoms. The molecule has 0 saturated carbocycles. The minimum absolute atomic E-state index is 0.0694. The molecule has 8 heteroatoms. The van der Waals surface area contributed by atoms with E-state index in [1.165, 1.54) is 6.20 Å². The van der Waals surface area contributed by atoms with E-state index < -0.39 is 10.0 Å². The van der Waals surface area contributed by atoms with Crippen LogP contribution in [0.15, 0.2) is 11.2 Å². The molecule has 1 aromatic rings. The van der Waals surface area contributed by atoms with E-state index in [-0.39, 0.29) is 17.6 Å². The molecule has 0 bridgehead atoms. The zero-order valence-corrected chi connectivity index (χ0v) is 12.3. The van der Waals surface area contributed by atoms with Gasteiger partial charge in [-0.05, 0) is 24.9 Å². The number of rotatable bonds is 8. The summed E-state index contributed by atoms with van der Waals surface area (Å²) in [5.74, 6) is 1.98. The van der Waals surface area contributed by atoms with Crippen LogP contribution in [0.3, 0.4) is 0 Å². The Morgan fingerprint density at radius 1 is 1.61 bits per heavy atom. The van der Waals surface area contributed by atoms with Gasteiger partial charge >= 0.3 is 0 Å². The van der Waals surface area contributed by atoms with Crippen molar-refractivity contribution in [2.24, 2.45) is 5.73 Å². The number of nitrogens with two attached hydrogens (primary N) is 1. The summed E-state index contributed by atoms with van der Waals surface area (Å²) in [7, 11) is -3.55. The van der Waals surface area contributed by atoms with Gasteiger partial charge in [0.25, 0.3) is 10.0 Å². The molecule has 0 radical (unpaired) electrons. The van der Waals surface area contributed by atoms with Crippen LogP contribution in [-0.2, 0) is 16.6 Å². The first kappa shape index (κ1) is 15.5. The fourth-order valence-electron chi connectivity index (χ4n) is 1.46. The molecule has 1 rings (SSSR count). The van der Waals surface area contributed by atoms with E-state index >= 15 is 0 Å². The van der Waals surface area contributed by atoms with Crippen molar-refractivity contribution in [2.75, 3.05) is 11.5 Å². The van der Waals surface area contributed by atoms with Gasteiger partial charge in [0.2, 0.25) is 0 Å². The average Bonchev–Trinajstić information content (AvgIpc) is 2.77. The summed E-state index contributed by atoms with van der Waals surface area (Å²) in [5.41, 5.74) is 5.96. The number of H-pyrrole nitrogens is 1. The van der Waals surface area contributed by atoms with Gasteiger partial charge in [-0.1, -0.05) is 6.92 Å². The van der Waals surface area contributed by atoms with Gasteiger partial charge in [-0.2, -0.15) is 16.9 Å². The highest BCUT2D eigenvalue weighted by molar-refractivity contribution is 7.99. The number of aromatic amines is 1. The fourth-order valence-corrected chi connectivity index (χ4v) is 3.69. The summed E-state index contributed by atoms with van der Waals surface area (Å²) in [4.78, 5) is 0. The second kappa shape index (κ2) is 7.13. The summed E-state index contributed by atoms with van der Waals surface area (Å²) in [5, 5.41) is 6.27. The van der Waals surface area contributed by atoms with Gasteiger partial charge in [-0.25, -0.2) is 13.1 Å². The summed E-state index contributed by atoms with van der Waals surface area (Å²) in [6.07, 6.45) is 2.23. The number of sulfonamides is 1. The Kier molecular flexibility index (Phi) is 6.13. The van der Waals surface area contributed by atoms with E-state index in [1.54, 1.807) is 11.8 Å². The van der Waals surface area contributed by atoms with E-state index in [2.05, 4.69) is 21.8 Å². The molecular formula is C10H20N4O2S2. The number of nitrogens with zero attached hydrogens (tertiary/aromatic N) is 1. The second-order valence-electron chi connectivity index (χ2n) is 3.94. The molecule has 1 atom stereocenters. The lowest BCUT2D eigenvalue weighted by Crippen LogP contribution is -2.34. The van der Waals surface area contributed by atoms with Crippen LogP contribution >= 0.6 is 11.8 Å². The quantitative estimate of drug-likeness (QED) is 0.612. The Morgan fingerprint density at radius 2 is 2.33 bits per heavy atom. The van der Waals surface area contributed by atoms with Gasteiger partial charge in [0.1, 0.15) is 0 Å². The topological polar surface area (TPSA) is 101 Å². The first-order valence-electron chi connectivity index (χ1n) is 5.83. The second-order valence-corrected chi connectivity index (χ2v) is 6.98. The van der Waals surface area contributed by atoms with Crippen LogP contribution in [0.4, 0.5) is 0 Å². The highest BCUT2D eigenvalue weighted by atomic mass is 32.2. The maximum atomic E-state index is 12.1. The van der Waals surface area contributed by atoms with E-state index in [0.717, 1.165) is 17.9 Å². The van der Waals surface area contributed by atoms with Crippen molar-refractivity contribution in [1.82, 2.24) is 14.9 Å². The predicted molar refractivity (Wildman–Crippen MR) is 73.9 cm³/mol. The molecule has 1 aromatic heterocycles. The van der Waals surface area contributed by atoms with Crippen LogP contribution in [0.2, 0.25) is 0 Å². The Hall–Kier alpha value is -0.570. The molecular weight excluding hydrogens is 272 g/mol. The Balaban J connectivity index is 2.65. The van der Waals surface area contributed by atoms with E-state index in [9.17, 15) is 8.42 Å². The molecule has 104 valence electrons. The fraction of sp³-hybridized carbons (Fsp3) is 0.700. The molecule has 0 amide bonds. The standard InChI is InChI=1S/C10H20N4O2S2/c1-3-17-5-4-8(2)14-18(15,16)10-9(6-11)7-12-13-10/h7-8,14H,3-6,11H2,1-2H3,(H,12,13). The first-order valence-corrected chi connectivity index (χ1v) is 8.47. The molecule has 0 aliphatic heterocycles. The van der Waals surface area contributed by atoms with Crippen molar-refractivity contribution in [3.05, 3.63) is 11.8 Å². The van der Waals surface area contributed by atoms with Gasteiger partial charge < -0.3 is 5.73 Å². The number of hydrogen-bond donors (Lipinski definition) is 3. The van der Waals surface area contributed by atoms with Crippen molar-refractivity contribution in [2.45, 2.75) is 37.9 Å². The smallest absolute Gasteiger partial charge is 0.258 e. The number of nitrogens with one attached hydrogen (secondary N) is 2. The van der Waals surface area contributed by atoms with Crippen molar-refractivity contribution < 1.29 is 8.42 Å². The van der Waals surface area contributed by atoms with E-state index in [1.807, 2.05) is 6.92 Å². The summed E-state index contributed by atoms with van der Waals surface area (Å²) >= 11 is 1.79. The predicted octanol–water partition coefficient (Wildman–Crippen LogP) is 0.678. The van der Waals surface area contributed by atoms with Crippen LogP contribution in [0.5, 0.6) is 0 Å². The molecule has 0 spiro atoms. The third kappa shape index (κ3) is 4.27. The normalized spacial score (nSPS) is 13.7. The van der Waals surface area contributed by atoms with Crippen molar-refractivity contribution in [3.8, 4) is 0 Å². The van der Waals surface area contributed by atoms with Gasteiger partial charge in [-0.15, -0.1) is 0 Å². The van der Waals surface area contributed by atoms with Crippen LogP contribution in [0.1, 0.15) is 25.8 Å². The molecule has 0 aliphatic rings. The van der Waals surface area contributed by atoms with E-state index in [4.69, 9.17) is 5.73 Å². The Bertz CT molecular complexity index is 458. The summed E-state index contributed by atoms with van der Waals surface area (Å²) < 4.78 is 26.8. The van der Waals surface area contributed by atoms with Crippen LogP contribution < -0.4 is 10.5 Å². The maximum Gasteiger partial charge on any atom is 0.258 e. The Morgan fingerprint density at radius 3 is 2.94 bits per heavy atom. The van der Waals surface area contributed by atoms with Crippen LogP contribution in [0, 0.1) is 0 Å². The SMILES string of the molecule is CCSCCC(C)NS(=O)(=O)c1[nH]ncc1CN. The Labute approximate surface area is 112 Å². The van der Waals surface area contributed by atoms with Crippen molar-refractivity contribution >= 4 is 21.8 Å². The lowest BCUT2D eigenvalue weighted by Gasteiger charge is -2.13. The zero-order chi connectivity index (χ0) is 13.6. The third-order valence-corrected chi connectivity index (χ3v) is 4.96. The van der Waals surface area contributed by atoms with Crippen LogP contribution in [0.25, 0.3) is 0 Å². The largest absolute Gasteiger partial charge is 0.326 e. The van der Waals surface area contributed by atoms with Gasteiger partial charge in [-0.3, -0.25) is 5.10 Å². The number of aromatic nitrogens is 2. The summed E-state index contributed by atoms with van der Waals surface area (Å²) in [6.45, 7) is 4.08. The lowest BCUT2D eigenvalue weighted by molar-refractivity contribution is 0.552. The number of hydrogen-bond acceptors (Lipinski definition) is 5. The molecule has 0 aliphatic carbocycles. The van der Waals surface area contributed by atoms with Gasteiger partial charge in [0.05, 0.1) is 6.20 Å². The van der Waals surface area contributed by atoms with Crippen LogP contribution in [-0.4, -0.2) is 36.2 Å². The lowest BCUT2D eigenvalue weighted by atomic mass is 10.3. The molecule has 6 nitrogen and oxygen atoms in total. The molecule has 1 unspecified atom stereocenters. The highest BCUT2D eigenvalue weighted by Gasteiger charge is 2.22. The first-order chi connectivity index (χ1) is 8.51. The van der Waals surface area contributed by atoms with Crippen molar-refractivity contribution in [1.29, 1.82) is 0 Å². The highest BCUT2D eigenvalue weighted by Crippen LogP contribution is 2.12. The molecule has 0 aromatic carbocycles. The van der Waals surface area contributed by atoms with Crippen molar-refractivity contribution in [3.63, 3.8) is 0 Å². The monoisotopic (exact) mass is 292 g/mol. The third-order valence-electron chi connectivity index (χ3n) is 2.42. The zero-order valence-electron chi connectivity index (χ0n) is 10.6. The molecule has 0 saturated heterocycles. The molecule has 4 N–H and O–H groups in total. The summed E-state index contributed by atoms with van der Waals surface area (Å²) in [6, 6.07) is -0.108. The maximum absolute atomic E-state index is 12.1. The van der Waals surface area contributed by atoms with Gasteiger partial charge in [0.15, 0.2) is 5.03 Å². The molecule has 0 fully saturated rings. The van der Waals surface area contributed by atoms with E-state index in [0.29, 0.717) is 5.56 Å².